The fourth-order valence-corrected chi connectivity index (χ4v) is 1.86. The zero-order chi connectivity index (χ0) is 8.60. The molecule has 1 N–H and O–H groups in total. The van der Waals surface area contributed by atoms with Crippen molar-refractivity contribution in [1.29, 1.82) is 0 Å². The Kier molecular flexibility index (Phi) is 1.78. The Bertz CT molecular complexity index is 206. The first-order valence-electron chi connectivity index (χ1n) is 4.70. The van der Waals surface area contributed by atoms with Crippen LogP contribution in [0.3, 0.4) is 0 Å². The minimum Gasteiger partial charge on any atom is -0.481 e. The number of aliphatic hydroxyl groups excluding tert-OH is 1. The summed E-state index contributed by atoms with van der Waals surface area (Å²) in [4.78, 5) is 0. The van der Waals surface area contributed by atoms with E-state index in [0.717, 1.165) is 12.3 Å². The highest BCUT2D eigenvalue weighted by atomic mass is 16.6. The van der Waals surface area contributed by atoms with E-state index in [1.807, 2.05) is 0 Å². The van der Waals surface area contributed by atoms with Gasteiger partial charge in [0.2, 0.25) is 0 Å². The number of hydrogen-bond donors (Lipinski definition) is 1. The molecule has 0 amide bonds. The first kappa shape index (κ1) is 7.96. The normalized spacial score (nSPS) is 35.6. The molecular formula is C10H16O2. The van der Waals surface area contributed by atoms with Crippen LogP contribution in [-0.2, 0) is 4.74 Å². The minimum absolute atomic E-state index is 0.114. The van der Waals surface area contributed by atoms with E-state index >= 15 is 0 Å². The van der Waals surface area contributed by atoms with Gasteiger partial charge < -0.3 is 9.84 Å². The predicted octanol–water partition coefficient (Wildman–Crippen LogP) is 2.61. The van der Waals surface area contributed by atoms with Crippen LogP contribution in [0.25, 0.3) is 0 Å². The van der Waals surface area contributed by atoms with Crippen LogP contribution in [0, 0.1) is 11.3 Å². The summed E-state index contributed by atoms with van der Waals surface area (Å²) in [6.07, 6.45) is 6.81. The second kappa shape index (κ2) is 2.68. The third-order valence-electron chi connectivity index (χ3n) is 2.82. The van der Waals surface area contributed by atoms with E-state index in [0.29, 0.717) is 6.61 Å². The van der Waals surface area contributed by atoms with Crippen molar-refractivity contribution in [2.24, 2.45) is 11.3 Å². The molecule has 0 saturated heterocycles. The van der Waals surface area contributed by atoms with Crippen LogP contribution in [0.1, 0.15) is 32.6 Å². The Morgan fingerprint density at radius 3 is 2.92 bits per heavy atom. The molecule has 1 fully saturated rings. The van der Waals surface area contributed by atoms with Gasteiger partial charge in [0, 0.05) is 5.41 Å². The zero-order valence-electron chi connectivity index (χ0n) is 7.55. The molecule has 0 bridgehead atoms. The molecule has 68 valence electrons. The van der Waals surface area contributed by atoms with Gasteiger partial charge in [-0.05, 0) is 24.8 Å². The summed E-state index contributed by atoms with van der Waals surface area (Å²) in [5, 5.41) is 9.03. The van der Waals surface area contributed by atoms with Gasteiger partial charge in [-0.15, -0.1) is 0 Å². The summed E-state index contributed by atoms with van der Waals surface area (Å²) in [7, 11) is 0. The monoisotopic (exact) mass is 168 g/mol. The van der Waals surface area contributed by atoms with Crippen LogP contribution in [0.4, 0.5) is 0 Å². The van der Waals surface area contributed by atoms with Gasteiger partial charge in [-0.3, -0.25) is 0 Å². The lowest BCUT2D eigenvalue weighted by Crippen LogP contribution is -2.26. The maximum absolute atomic E-state index is 9.03. The summed E-state index contributed by atoms with van der Waals surface area (Å²) >= 11 is 0. The average Bonchev–Trinajstić information content (AvgIpc) is 2.80. The van der Waals surface area contributed by atoms with E-state index in [9.17, 15) is 0 Å². The Hall–Kier alpha value is -0.660. The van der Waals surface area contributed by atoms with Gasteiger partial charge in [-0.1, -0.05) is 19.8 Å². The van der Waals surface area contributed by atoms with E-state index in [1.165, 1.54) is 19.3 Å². The summed E-state index contributed by atoms with van der Waals surface area (Å²) in [5.41, 5.74) is 0.285. The summed E-state index contributed by atoms with van der Waals surface area (Å²) in [5.74, 6) is 1.05. The molecule has 0 aromatic carbocycles. The summed E-state index contributed by atoms with van der Waals surface area (Å²) < 4.78 is 5.14. The summed E-state index contributed by atoms with van der Waals surface area (Å²) in [6, 6.07) is 0. The maximum Gasteiger partial charge on any atom is 0.272 e. The molecule has 12 heavy (non-hydrogen) atoms. The van der Waals surface area contributed by atoms with Crippen molar-refractivity contribution >= 4 is 0 Å². The van der Waals surface area contributed by atoms with Crippen LogP contribution >= 0.6 is 0 Å². The Morgan fingerprint density at radius 1 is 1.67 bits per heavy atom. The molecule has 1 aliphatic carbocycles. The van der Waals surface area contributed by atoms with Crippen molar-refractivity contribution in [3.05, 3.63) is 12.0 Å². The minimum atomic E-state index is 0.114. The first-order chi connectivity index (χ1) is 5.68. The molecule has 2 rings (SSSR count). The number of allylic oxidation sites excluding steroid dienone is 1. The molecule has 1 unspecified atom stereocenters. The molecule has 2 heteroatoms. The molecule has 1 saturated carbocycles. The number of aliphatic hydroxyl groups is 1. The van der Waals surface area contributed by atoms with E-state index in [2.05, 4.69) is 6.92 Å². The van der Waals surface area contributed by atoms with Crippen LogP contribution in [0.2, 0.25) is 0 Å². The van der Waals surface area contributed by atoms with E-state index in [1.54, 1.807) is 6.08 Å². The van der Waals surface area contributed by atoms with Gasteiger partial charge in [-0.2, -0.15) is 0 Å². The fraction of sp³-hybridized carbons (Fsp3) is 0.800. The lowest BCUT2D eigenvalue weighted by molar-refractivity contribution is 0.00925. The first-order valence-corrected chi connectivity index (χ1v) is 4.70. The lowest BCUT2D eigenvalue weighted by atomic mass is 9.81. The number of hydrogen-bond acceptors (Lipinski definition) is 2. The van der Waals surface area contributed by atoms with Crippen LogP contribution in [0.15, 0.2) is 12.0 Å². The number of rotatable bonds is 2. The lowest BCUT2D eigenvalue weighted by Gasteiger charge is -2.31. The Morgan fingerprint density at radius 2 is 2.42 bits per heavy atom. The SMILES string of the molecule is CC1(CC2CC2)CC=C(O)OC1. The topological polar surface area (TPSA) is 29.5 Å². The van der Waals surface area contributed by atoms with Gasteiger partial charge in [0.05, 0.1) is 6.61 Å². The third-order valence-corrected chi connectivity index (χ3v) is 2.82. The fourth-order valence-electron chi connectivity index (χ4n) is 1.86. The maximum atomic E-state index is 9.03. The van der Waals surface area contributed by atoms with Gasteiger partial charge in [0.1, 0.15) is 0 Å². The largest absolute Gasteiger partial charge is 0.481 e. The second-order valence-corrected chi connectivity index (χ2v) is 4.49. The molecule has 0 aromatic heterocycles. The second-order valence-electron chi connectivity index (χ2n) is 4.49. The van der Waals surface area contributed by atoms with Crippen molar-refractivity contribution < 1.29 is 9.84 Å². The van der Waals surface area contributed by atoms with E-state index in [-0.39, 0.29) is 11.4 Å². The predicted molar refractivity (Wildman–Crippen MR) is 46.7 cm³/mol. The molecular weight excluding hydrogens is 152 g/mol. The van der Waals surface area contributed by atoms with Gasteiger partial charge in [-0.25, -0.2) is 0 Å². The third kappa shape index (κ3) is 1.74. The summed E-state index contributed by atoms with van der Waals surface area (Å²) in [6.45, 7) is 2.93. The quantitative estimate of drug-likeness (QED) is 0.686. The van der Waals surface area contributed by atoms with Crippen molar-refractivity contribution in [2.45, 2.75) is 32.6 Å². The van der Waals surface area contributed by atoms with E-state index < -0.39 is 0 Å². The molecule has 1 aliphatic heterocycles. The molecule has 0 spiro atoms. The van der Waals surface area contributed by atoms with Crippen molar-refractivity contribution in [2.75, 3.05) is 6.61 Å². The van der Waals surface area contributed by atoms with Crippen molar-refractivity contribution in [3.8, 4) is 0 Å². The van der Waals surface area contributed by atoms with E-state index in [4.69, 9.17) is 9.84 Å². The molecule has 2 nitrogen and oxygen atoms in total. The number of ether oxygens (including phenoxy) is 1. The molecule has 1 heterocycles. The Labute approximate surface area is 73.2 Å². The van der Waals surface area contributed by atoms with Crippen molar-refractivity contribution in [3.63, 3.8) is 0 Å². The Balaban J connectivity index is 1.92. The standard InChI is InChI=1S/C10H16O2/c1-10(6-8-2-3-8)5-4-9(11)12-7-10/h4,8,11H,2-3,5-7H2,1H3. The van der Waals surface area contributed by atoms with Gasteiger partial charge in [0.15, 0.2) is 0 Å². The van der Waals surface area contributed by atoms with Gasteiger partial charge >= 0.3 is 0 Å². The average molecular weight is 168 g/mol. The smallest absolute Gasteiger partial charge is 0.272 e. The highest BCUT2D eigenvalue weighted by molar-refractivity contribution is 4.96. The van der Waals surface area contributed by atoms with Crippen LogP contribution in [0.5, 0.6) is 0 Å². The molecule has 1 atom stereocenters. The molecule has 0 aromatic rings. The highest BCUT2D eigenvalue weighted by Gasteiger charge is 2.35. The molecule has 2 aliphatic rings. The molecule has 0 radical (unpaired) electrons. The van der Waals surface area contributed by atoms with Crippen molar-refractivity contribution in [1.82, 2.24) is 0 Å². The van der Waals surface area contributed by atoms with Gasteiger partial charge in [0.25, 0.3) is 5.95 Å². The zero-order valence-corrected chi connectivity index (χ0v) is 7.55. The van der Waals surface area contributed by atoms with Crippen LogP contribution in [-0.4, -0.2) is 11.7 Å². The van der Waals surface area contributed by atoms with Crippen LogP contribution < -0.4 is 0 Å². The highest BCUT2D eigenvalue weighted by Crippen LogP contribution is 2.43.